The van der Waals surface area contributed by atoms with Crippen LogP contribution in [0.1, 0.15) is 94.6 Å². The number of fused-ring (bicyclic) bond motifs is 2. The first-order valence-electron chi connectivity index (χ1n) is 25.7. The van der Waals surface area contributed by atoms with Gasteiger partial charge in [0.25, 0.3) is 5.88 Å². The first-order chi connectivity index (χ1) is 35.4. The number of para-hydroxylation sites is 1. The van der Waals surface area contributed by atoms with E-state index in [1.807, 2.05) is 45.2 Å². The van der Waals surface area contributed by atoms with Crippen LogP contribution in [0.3, 0.4) is 0 Å². The predicted molar refractivity (Wildman–Crippen MR) is 271 cm³/mol. The van der Waals surface area contributed by atoms with Gasteiger partial charge in [0.2, 0.25) is 17.7 Å². The maximum Gasteiger partial charge on any atom is 0.254 e. The predicted octanol–water partition coefficient (Wildman–Crippen LogP) is 5.59. The van der Waals surface area contributed by atoms with Crippen LogP contribution in [0.15, 0.2) is 83.5 Å². The zero-order valence-corrected chi connectivity index (χ0v) is 41.6. The van der Waals surface area contributed by atoms with Crippen molar-refractivity contribution >= 4 is 29.0 Å². The average Bonchev–Trinajstić information content (AvgIpc) is 4.08. The number of rotatable bonds is 17. The molecule has 2 amide bonds. The van der Waals surface area contributed by atoms with Gasteiger partial charge in [0.15, 0.2) is 11.6 Å². The number of nitrogens with two attached hydrogens (primary N) is 1. The molecule has 4 aliphatic heterocycles. The Balaban J connectivity index is 0.643. The van der Waals surface area contributed by atoms with E-state index in [2.05, 4.69) is 58.6 Å². The average molecular weight is 996 g/mol. The zero-order chi connectivity index (χ0) is 50.8. The standard InChI is InChI=1S/C54H65N11O8/c1-32(2)51(54(69)64-31-39(66)23-46(64)53(68)58-33(3)35-10-8-34(28-55)9-11-35)48-27-50(61-73-48)70-21-20-62-18-15-40(16-19-62)71-41-24-42(25-41)72-49-22-36(14-17-57-49)65-37-12-13-38(65)30-63(29-37)45-26-44(59-60-52(45)56)43-6-4-5-7-47(43)67/h4-11,14,17,22,26-27,32-33,37-42,46,51,66-67H,12-13,15-16,18-21,23-25,29-31H2,1-3H3,(H2,56,60)(H,58,68)/t33-,37+,38?,39+,41?,42?,46-,51+/m0/s1. The summed E-state index contributed by atoms with van der Waals surface area (Å²) in [5.74, 6) is 0.207. The third-order valence-corrected chi connectivity index (χ3v) is 15.2. The lowest BCUT2D eigenvalue weighted by Gasteiger charge is -2.43. The van der Waals surface area contributed by atoms with Crippen LogP contribution < -0.4 is 30.3 Å². The molecule has 4 saturated heterocycles. The largest absolute Gasteiger partial charge is 0.507 e. The Hall–Kier alpha value is -7.01. The lowest BCUT2D eigenvalue weighted by atomic mass is 9.91. The maximum atomic E-state index is 14.1. The number of nitriles is 1. The van der Waals surface area contributed by atoms with Gasteiger partial charge in [-0.25, -0.2) is 4.98 Å². The smallest absolute Gasteiger partial charge is 0.254 e. The molecular formula is C54H65N11O8. The fourth-order valence-corrected chi connectivity index (χ4v) is 11.3. The molecule has 2 aromatic carbocycles. The number of benzene rings is 2. The molecule has 1 unspecified atom stereocenters. The van der Waals surface area contributed by atoms with Crippen molar-refractivity contribution in [1.29, 1.82) is 5.26 Å². The summed E-state index contributed by atoms with van der Waals surface area (Å²) in [6.07, 6.45) is 7.15. The van der Waals surface area contributed by atoms with E-state index in [0.29, 0.717) is 53.3 Å². The molecule has 7 heterocycles. The topological polar surface area (TPSA) is 242 Å². The van der Waals surface area contributed by atoms with Crippen molar-refractivity contribution in [3.05, 3.63) is 95.9 Å². The number of piperidine rings is 1. The van der Waals surface area contributed by atoms with E-state index in [-0.39, 0.29) is 72.9 Å². The van der Waals surface area contributed by atoms with Crippen LogP contribution in [-0.4, -0.2) is 141 Å². The first kappa shape index (κ1) is 49.6. The zero-order valence-electron chi connectivity index (χ0n) is 41.6. The number of carbonyl (C=O) groups is 2. The van der Waals surface area contributed by atoms with Crippen molar-refractivity contribution in [2.24, 2.45) is 5.92 Å². The number of amides is 2. The highest BCUT2D eigenvalue weighted by Gasteiger charge is 2.44. The van der Waals surface area contributed by atoms with E-state index in [1.165, 1.54) is 4.90 Å². The highest BCUT2D eigenvalue weighted by atomic mass is 16.5. The molecule has 1 aliphatic carbocycles. The van der Waals surface area contributed by atoms with Gasteiger partial charge in [-0.3, -0.25) is 14.5 Å². The molecule has 1 saturated carbocycles. The monoisotopic (exact) mass is 996 g/mol. The summed E-state index contributed by atoms with van der Waals surface area (Å²) in [6.45, 7) is 10.1. The quantitative estimate of drug-likeness (QED) is 0.0887. The number of aliphatic hydroxyl groups excluding tert-OH is 1. The van der Waals surface area contributed by atoms with E-state index >= 15 is 0 Å². The Bertz CT molecular complexity index is 2760. The Labute approximate surface area is 425 Å². The number of phenols is 1. The fourth-order valence-electron chi connectivity index (χ4n) is 11.3. The number of anilines is 3. The van der Waals surface area contributed by atoms with Crippen LogP contribution in [0.25, 0.3) is 11.3 Å². The molecule has 3 aromatic heterocycles. The van der Waals surface area contributed by atoms with E-state index in [4.69, 9.17) is 29.7 Å². The minimum absolute atomic E-state index is 0.0330. The lowest BCUT2D eigenvalue weighted by Crippen LogP contribution is -2.54. The van der Waals surface area contributed by atoms with Gasteiger partial charge in [-0.2, -0.15) is 5.26 Å². The summed E-state index contributed by atoms with van der Waals surface area (Å²) in [6, 6.07) is 23.3. The van der Waals surface area contributed by atoms with Gasteiger partial charge in [-0.15, -0.1) is 10.2 Å². The third kappa shape index (κ3) is 11.0. The molecule has 5 aliphatic rings. The Morgan fingerprint density at radius 1 is 0.904 bits per heavy atom. The van der Waals surface area contributed by atoms with Crippen LogP contribution in [0, 0.1) is 17.2 Å². The number of hydrogen-bond acceptors (Lipinski definition) is 17. The molecule has 0 spiro atoms. The number of likely N-dealkylation sites (tertiary alicyclic amines) is 2. The number of phenolic OH excluding ortho intramolecular Hbond substituents is 1. The molecule has 2 bridgehead atoms. The lowest BCUT2D eigenvalue weighted by molar-refractivity contribution is -0.141. The highest BCUT2D eigenvalue weighted by Crippen LogP contribution is 2.41. The van der Waals surface area contributed by atoms with Crippen molar-refractivity contribution in [2.45, 2.75) is 120 Å². The van der Waals surface area contributed by atoms with Crippen LogP contribution in [-0.2, 0) is 14.3 Å². The third-order valence-electron chi connectivity index (χ3n) is 15.2. The van der Waals surface area contributed by atoms with Crippen LogP contribution in [0.4, 0.5) is 17.2 Å². The summed E-state index contributed by atoms with van der Waals surface area (Å²) in [7, 11) is 0. The summed E-state index contributed by atoms with van der Waals surface area (Å²) in [4.78, 5) is 40.8. The molecule has 6 atom stereocenters. The Morgan fingerprint density at radius 2 is 1.66 bits per heavy atom. The van der Waals surface area contributed by atoms with Gasteiger partial charge in [-0.1, -0.05) is 38.1 Å². The molecule has 5 fully saturated rings. The minimum atomic E-state index is -0.853. The second-order valence-electron chi connectivity index (χ2n) is 20.6. The molecule has 5 N–H and O–H groups in total. The number of hydrogen-bond donors (Lipinski definition) is 4. The SMILES string of the molecule is CC(C)[C@@H](C(=O)N1C[C@H](O)C[C@H]1C(=O)N[C@@H](C)c1ccc(C#N)cc1)c1cc(OCCN2CCC(OC3CC(Oc4cc(N5C6CC[C@@H]5CN(c5cc(-c7ccccc7O)nnc5N)C6)ccn4)C3)CC2)no1. The molecule has 19 heteroatoms. The Morgan fingerprint density at radius 3 is 2.38 bits per heavy atom. The van der Waals surface area contributed by atoms with E-state index < -0.39 is 18.1 Å². The first-order valence-corrected chi connectivity index (χ1v) is 25.7. The van der Waals surface area contributed by atoms with Gasteiger partial charge in [0.05, 0.1) is 47.4 Å². The number of ether oxygens (including phenoxy) is 3. The molecule has 10 rings (SSSR count). The van der Waals surface area contributed by atoms with Crippen LogP contribution in [0.2, 0.25) is 0 Å². The van der Waals surface area contributed by atoms with Crippen LogP contribution >= 0.6 is 0 Å². The number of nitrogen functional groups attached to an aromatic ring is 1. The summed E-state index contributed by atoms with van der Waals surface area (Å²) in [5, 5.41) is 45.9. The van der Waals surface area contributed by atoms with Crippen LogP contribution in [0.5, 0.6) is 17.5 Å². The number of aromatic hydroxyl groups is 1. The van der Waals surface area contributed by atoms with Gasteiger partial charge in [0, 0.05) is 100 Å². The molecule has 19 nitrogen and oxygen atoms in total. The number of carbonyl (C=O) groups excluding carboxylic acids is 2. The van der Waals surface area contributed by atoms with Crippen molar-refractivity contribution in [3.63, 3.8) is 0 Å². The second kappa shape index (κ2) is 21.6. The van der Waals surface area contributed by atoms with Gasteiger partial charge in [0.1, 0.15) is 30.4 Å². The van der Waals surface area contributed by atoms with Gasteiger partial charge in [-0.05, 0) is 85.6 Å². The maximum absolute atomic E-state index is 14.1. The molecule has 5 aromatic rings. The number of pyridine rings is 1. The number of nitrogens with zero attached hydrogens (tertiary/aromatic N) is 9. The van der Waals surface area contributed by atoms with Crippen molar-refractivity contribution in [2.75, 3.05) is 61.4 Å². The molecule has 384 valence electrons. The minimum Gasteiger partial charge on any atom is -0.507 e. The van der Waals surface area contributed by atoms with E-state index in [0.717, 1.165) is 81.6 Å². The Kier molecular flexibility index (Phi) is 14.7. The van der Waals surface area contributed by atoms with Crippen molar-refractivity contribution in [3.8, 4) is 34.8 Å². The van der Waals surface area contributed by atoms with Gasteiger partial charge >= 0.3 is 0 Å². The fraction of sp³-hybridized carbons (Fsp3) is 0.500. The van der Waals surface area contributed by atoms with Gasteiger partial charge < -0.3 is 54.7 Å². The number of aliphatic hydroxyl groups is 1. The summed E-state index contributed by atoms with van der Waals surface area (Å²) in [5.41, 5.74) is 10.9. The number of β-amino-alcohol motifs (C(OH)–C–C–N with tert-alkyl or cyclic N) is 1. The normalized spacial score (nSPS) is 24.0. The number of piperazine rings is 1. The molecule has 0 radical (unpaired) electrons. The molecule has 73 heavy (non-hydrogen) atoms. The number of aromatic nitrogens is 4. The van der Waals surface area contributed by atoms with E-state index in [9.17, 15) is 19.8 Å². The number of nitrogens with one attached hydrogen (secondary N) is 1. The second-order valence-corrected chi connectivity index (χ2v) is 20.6. The van der Waals surface area contributed by atoms with Crippen molar-refractivity contribution in [1.82, 2.24) is 35.5 Å². The molecular weight excluding hydrogens is 931 g/mol. The van der Waals surface area contributed by atoms with E-state index in [1.54, 1.807) is 42.5 Å². The highest BCUT2D eigenvalue weighted by molar-refractivity contribution is 5.91. The summed E-state index contributed by atoms with van der Waals surface area (Å²) >= 11 is 0. The van der Waals surface area contributed by atoms with Crippen molar-refractivity contribution < 1.29 is 38.5 Å². The summed E-state index contributed by atoms with van der Waals surface area (Å²) < 4.78 is 24.6.